The van der Waals surface area contributed by atoms with Crippen molar-refractivity contribution in [1.29, 1.82) is 0 Å². The Labute approximate surface area is 118 Å². The summed E-state index contributed by atoms with van der Waals surface area (Å²) < 4.78 is 5.78. The first-order valence-electron chi connectivity index (χ1n) is 7.21. The van der Waals surface area contributed by atoms with Crippen LogP contribution in [0, 0.1) is 0 Å². The predicted octanol–water partition coefficient (Wildman–Crippen LogP) is 4.40. The Hall–Kier alpha value is -1.15. The van der Waals surface area contributed by atoms with Crippen molar-refractivity contribution in [3.63, 3.8) is 0 Å². The molecule has 2 heteroatoms. The molecule has 1 nitrogen and oxygen atoms in total. The highest BCUT2D eigenvalue weighted by molar-refractivity contribution is 7.97. The van der Waals surface area contributed by atoms with Crippen LogP contribution in [0.1, 0.15) is 26.2 Å². The monoisotopic (exact) mass is 273 g/mol. The van der Waals surface area contributed by atoms with Crippen LogP contribution in [0.2, 0.25) is 0 Å². The molecule has 1 aliphatic rings. The lowest BCUT2D eigenvalue weighted by Crippen LogP contribution is -2.04. The molecule has 0 unspecified atom stereocenters. The molecule has 0 aliphatic carbocycles. The van der Waals surface area contributed by atoms with Crippen LogP contribution in [0.4, 0.5) is 0 Å². The van der Waals surface area contributed by atoms with Gasteiger partial charge in [-0.25, -0.2) is 0 Å². The average molecular weight is 273 g/mol. The van der Waals surface area contributed by atoms with Gasteiger partial charge in [-0.2, -0.15) is 0 Å². The van der Waals surface area contributed by atoms with Gasteiger partial charge in [0, 0.05) is 16.3 Å². The molecule has 0 atom stereocenters. The van der Waals surface area contributed by atoms with Crippen molar-refractivity contribution in [2.75, 3.05) is 18.1 Å². The third kappa shape index (κ3) is 2.74. The summed E-state index contributed by atoms with van der Waals surface area (Å²) in [6, 6.07) is 13.3. The fraction of sp³-hybridized carbons (Fsp3) is 0.412. The Morgan fingerprint density at radius 3 is 2.74 bits per heavy atom. The van der Waals surface area contributed by atoms with Crippen LogP contribution >= 0.6 is 0 Å². The number of ether oxygens (including phenoxy) is 1. The number of rotatable bonds is 4. The SMILES string of the molecule is CCCOc1ccc2cccc([S+]3CCCC3)c2c1. The number of hydrogen-bond donors (Lipinski definition) is 0. The molecule has 19 heavy (non-hydrogen) atoms. The zero-order valence-corrected chi connectivity index (χ0v) is 12.3. The molecule has 2 aromatic rings. The van der Waals surface area contributed by atoms with E-state index in [0.29, 0.717) is 10.9 Å². The zero-order valence-electron chi connectivity index (χ0n) is 11.5. The molecule has 1 saturated heterocycles. The number of benzene rings is 2. The summed E-state index contributed by atoms with van der Waals surface area (Å²) in [5.41, 5.74) is 0. The highest BCUT2D eigenvalue weighted by Gasteiger charge is 2.28. The van der Waals surface area contributed by atoms with Crippen molar-refractivity contribution in [3.05, 3.63) is 36.4 Å². The van der Waals surface area contributed by atoms with Gasteiger partial charge in [0.2, 0.25) is 0 Å². The molecule has 0 spiro atoms. The van der Waals surface area contributed by atoms with Crippen LogP contribution in [-0.2, 0) is 10.9 Å². The molecule has 100 valence electrons. The van der Waals surface area contributed by atoms with Gasteiger partial charge < -0.3 is 4.74 Å². The van der Waals surface area contributed by atoms with Crippen molar-refractivity contribution in [3.8, 4) is 5.75 Å². The molecule has 2 aromatic carbocycles. The minimum absolute atomic E-state index is 0.465. The summed E-state index contributed by atoms with van der Waals surface area (Å²) in [4.78, 5) is 1.55. The molecule has 0 radical (unpaired) electrons. The first-order chi connectivity index (χ1) is 9.38. The molecule has 3 rings (SSSR count). The fourth-order valence-corrected chi connectivity index (χ4v) is 5.17. The van der Waals surface area contributed by atoms with Gasteiger partial charge in [0.05, 0.1) is 6.61 Å². The van der Waals surface area contributed by atoms with E-state index in [1.807, 2.05) is 0 Å². The Morgan fingerprint density at radius 2 is 1.95 bits per heavy atom. The van der Waals surface area contributed by atoms with Gasteiger partial charge in [0.25, 0.3) is 0 Å². The van der Waals surface area contributed by atoms with E-state index in [0.717, 1.165) is 18.8 Å². The Kier molecular flexibility index (Phi) is 3.97. The summed E-state index contributed by atoms with van der Waals surface area (Å²) in [7, 11) is 0.465. The van der Waals surface area contributed by atoms with Gasteiger partial charge in [0.15, 0.2) is 4.90 Å². The Morgan fingerprint density at radius 1 is 1.11 bits per heavy atom. The van der Waals surface area contributed by atoms with Gasteiger partial charge >= 0.3 is 0 Å². The predicted molar refractivity (Wildman–Crippen MR) is 84.3 cm³/mol. The first-order valence-corrected chi connectivity index (χ1v) is 8.78. The van der Waals surface area contributed by atoms with E-state index < -0.39 is 0 Å². The van der Waals surface area contributed by atoms with Crippen LogP contribution in [0.5, 0.6) is 5.75 Å². The van der Waals surface area contributed by atoms with Gasteiger partial charge in [-0.05, 0) is 42.8 Å². The minimum Gasteiger partial charge on any atom is -0.494 e. The van der Waals surface area contributed by atoms with E-state index in [1.54, 1.807) is 4.90 Å². The molecule has 0 bridgehead atoms. The van der Waals surface area contributed by atoms with Crippen molar-refractivity contribution < 1.29 is 4.74 Å². The second-order valence-corrected chi connectivity index (χ2v) is 7.34. The lowest BCUT2D eigenvalue weighted by molar-refractivity contribution is 0.318. The van der Waals surface area contributed by atoms with E-state index >= 15 is 0 Å². The highest BCUT2D eigenvalue weighted by Crippen LogP contribution is 2.31. The molecule has 1 fully saturated rings. The second kappa shape index (κ2) is 5.87. The standard InChI is InChI=1S/C17H21OS/c1-2-10-18-15-9-8-14-6-5-7-17(16(14)13-15)19-11-3-4-12-19/h5-9,13H,2-4,10-12H2,1H3/q+1. The summed E-state index contributed by atoms with van der Waals surface area (Å²) in [5, 5.41) is 2.75. The van der Waals surface area contributed by atoms with Crippen LogP contribution in [0.15, 0.2) is 41.3 Å². The Balaban J connectivity index is 2.00. The lowest BCUT2D eigenvalue weighted by Gasteiger charge is -2.08. The van der Waals surface area contributed by atoms with Crippen LogP contribution < -0.4 is 4.74 Å². The summed E-state index contributed by atoms with van der Waals surface area (Å²) in [5.74, 6) is 3.77. The topological polar surface area (TPSA) is 9.23 Å². The maximum atomic E-state index is 5.78. The van der Waals surface area contributed by atoms with Crippen molar-refractivity contribution in [2.24, 2.45) is 0 Å². The number of fused-ring (bicyclic) bond motifs is 1. The molecule has 1 aliphatic heterocycles. The van der Waals surface area contributed by atoms with E-state index in [-0.39, 0.29) is 0 Å². The molecular weight excluding hydrogens is 252 g/mol. The normalized spacial score (nSPS) is 16.1. The van der Waals surface area contributed by atoms with Gasteiger partial charge in [0.1, 0.15) is 17.3 Å². The highest BCUT2D eigenvalue weighted by atomic mass is 32.2. The summed E-state index contributed by atoms with van der Waals surface area (Å²) >= 11 is 0. The largest absolute Gasteiger partial charge is 0.494 e. The summed E-state index contributed by atoms with van der Waals surface area (Å²) in [6.45, 7) is 2.95. The molecule has 0 amide bonds. The third-order valence-corrected chi connectivity index (χ3v) is 6.17. The third-order valence-electron chi connectivity index (χ3n) is 3.63. The zero-order chi connectivity index (χ0) is 13.1. The first kappa shape index (κ1) is 12.9. The van der Waals surface area contributed by atoms with Gasteiger partial charge in [-0.15, -0.1) is 0 Å². The quantitative estimate of drug-likeness (QED) is 0.750. The minimum atomic E-state index is 0.465. The van der Waals surface area contributed by atoms with Crippen molar-refractivity contribution in [2.45, 2.75) is 31.1 Å². The van der Waals surface area contributed by atoms with Crippen LogP contribution in [0.3, 0.4) is 0 Å². The van der Waals surface area contributed by atoms with Gasteiger partial charge in [-0.3, -0.25) is 0 Å². The maximum absolute atomic E-state index is 5.78. The molecule has 1 heterocycles. The fourth-order valence-electron chi connectivity index (χ4n) is 2.66. The Bertz CT molecular complexity index is 558. The van der Waals surface area contributed by atoms with Crippen LogP contribution in [-0.4, -0.2) is 18.1 Å². The molecule has 0 N–H and O–H groups in total. The van der Waals surface area contributed by atoms with E-state index in [2.05, 4.69) is 43.3 Å². The van der Waals surface area contributed by atoms with Crippen LogP contribution in [0.25, 0.3) is 10.8 Å². The molecule has 0 saturated carbocycles. The number of hydrogen-bond acceptors (Lipinski definition) is 1. The lowest BCUT2D eigenvalue weighted by atomic mass is 10.1. The van der Waals surface area contributed by atoms with E-state index in [9.17, 15) is 0 Å². The maximum Gasteiger partial charge on any atom is 0.162 e. The van der Waals surface area contributed by atoms with E-state index in [4.69, 9.17) is 4.74 Å². The van der Waals surface area contributed by atoms with Gasteiger partial charge in [-0.1, -0.05) is 25.1 Å². The smallest absolute Gasteiger partial charge is 0.162 e. The van der Waals surface area contributed by atoms with E-state index in [1.165, 1.54) is 35.1 Å². The molecule has 0 aromatic heterocycles. The summed E-state index contributed by atoms with van der Waals surface area (Å²) in [6.07, 6.45) is 3.85. The second-order valence-electron chi connectivity index (χ2n) is 5.10. The van der Waals surface area contributed by atoms with Crippen molar-refractivity contribution >= 4 is 21.7 Å². The van der Waals surface area contributed by atoms with Crippen molar-refractivity contribution in [1.82, 2.24) is 0 Å². The average Bonchev–Trinajstić information content (AvgIpc) is 2.98. The molecular formula is C17H21OS+.